The van der Waals surface area contributed by atoms with Crippen LogP contribution in [0.5, 0.6) is 0 Å². The molecule has 1 heterocycles. The van der Waals surface area contributed by atoms with Crippen molar-refractivity contribution in [2.24, 2.45) is 0 Å². The molecule has 1 aromatic heterocycles. The Kier molecular flexibility index (Phi) is 4.38. The quantitative estimate of drug-likeness (QED) is 0.501. The average molecular weight is 353 g/mol. The minimum Gasteiger partial charge on any atom is -0.345 e. The van der Waals surface area contributed by atoms with Crippen LogP contribution in [0.2, 0.25) is 10.3 Å². The van der Waals surface area contributed by atoms with Crippen LogP contribution in [0.15, 0.2) is 24.5 Å². The monoisotopic (exact) mass is 352 g/mol. The van der Waals surface area contributed by atoms with Crippen LogP contribution in [0.1, 0.15) is 5.56 Å². The van der Waals surface area contributed by atoms with Gasteiger partial charge in [-0.3, -0.25) is 10.1 Å². The molecular weight excluding hydrogens is 348 g/mol. The van der Waals surface area contributed by atoms with E-state index in [2.05, 4.69) is 15.3 Å². The Balaban J connectivity index is 2.50. The molecule has 0 fully saturated rings. The predicted octanol–water partition coefficient (Wildman–Crippen LogP) is 4.45. The van der Waals surface area contributed by atoms with E-state index >= 15 is 0 Å². The largest absolute Gasteiger partial charge is 0.416 e. The molecule has 0 spiro atoms. The second-order valence-electron chi connectivity index (χ2n) is 3.94. The molecule has 0 aliphatic carbocycles. The van der Waals surface area contributed by atoms with Gasteiger partial charge in [0.05, 0.1) is 10.5 Å². The van der Waals surface area contributed by atoms with Crippen LogP contribution in [0.4, 0.5) is 30.2 Å². The van der Waals surface area contributed by atoms with Crippen molar-refractivity contribution < 1.29 is 18.1 Å². The summed E-state index contributed by atoms with van der Waals surface area (Å²) in [5.41, 5.74) is -2.21. The van der Waals surface area contributed by atoms with Gasteiger partial charge in [-0.15, -0.1) is 0 Å². The molecule has 2 aromatic rings. The number of hydrogen-bond acceptors (Lipinski definition) is 5. The SMILES string of the molecule is O=[N+]([O-])c1cc(C(F)(F)F)ccc1Nc1c(Cl)ncnc1Cl. The number of benzene rings is 1. The summed E-state index contributed by atoms with van der Waals surface area (Å²) >= 11 is 11.5. The van der Waals surface area contributed by atoms with E-state index in [-0.39, 0.29) is 21.7 Å². The second-order valence-corrected chi connectivity index (χ2v) is 4.66. The number of anilines is 2. The van der Waals surface area contributed by atoms with E-state index in [1.807, 2.05) is 0 Å². The van der Waals surface area contributed by atoms with Crippen LogP contribution in [0.25, 0.3) is 0 Å². The maximum absolute atomic E-state index is 12.6. The first kappa shape index (κ1) is 16.2. The number of alkyl halides is 3. The van der Waals surface area contributed by atoms with Crippen LogP contribution in [-0.2, 0) is 6.18 Å². The first-order chi connectivity index (χ1) is 10.2. The summed E-state index contributed by atoms with van der Waals surface area (Å²) in [5, 5.41) is 13.2. The highest BCUT2D eigenvalue weighted by Gasteiger charge is 2.33. The summed E-state index contributed by atoms with van der Waals surface area (Å²) in [6.07, 6.45) is -3.63. The van der Waals surface area contributed by atoms with Gasteiger partial charge in [0.15, 0.2) is 10.3 Å². The summed E-state index contributed by atoms with van der Waals surface area (Å²) in [4.78, 5) is 17.3. The van der Waals surface area contributed by atoms with Gasteiger partial charge in [-0.2, -0.15) is 13.2 Å². The molecule has 2 rings (SSSR count). The number of hydrogen-bond donors (Lipinski definition) is 1. The molecule has 22 heavy (non-hydrogen) atoms. The highest BCUT2D eigenvalue weighted by Crippen LogP contribution is 2.37. The number of nitro benzene ring substituents is 1. The predicted molar refractivity (Wildman–Crippen MR) is 73.4 cm³/mol. The van der Waals surface area contributed by atoms with Crippen molar-refractivity contribution in [1.82, 2.24) is 9.97 Å². The fourth-order valence-electron chi connectivity index (χ4n) is 1.55. The zero-order chi connectivity index (χ0) is 16.5. The lowest BCUT2D eigenvalue weighted by Gasteiger charge is -2.11. The molecule has 0 atom stereocenters. The van der Waals surface area contributed by atoms with Gasteiger partial charge in [0, 0.05) is 6.07 Å². The number of nitrogens with zero attached hydrogens (tertiary/aromatic N) is 3. The molecule has 0 bridgehead atoms. The third-order valence-corrected chi connectivity index (χ3v) is 3.11. The highest BCUT2D eigenvalue weighted by atomic mass is 35.5. The molecule has 11 heteroatoms. The zero-order valence-corrected chi connectivity index (χ0v) is 11.9. The maximum Gasteiger partial charge on any atom is 0.416 e. The fourth-order valence-corrected chi connectivity index (χ4v) is 1.96. The number of nitrogens with one attached hydrogen (secondary N) is 1. The summed E-state index contributed by atoms with van der Waals surface area (Å²) in [5.74, 6) is 0. The van der Waals surface area contributed by atoms with Gasteiger partial charge >= 0.3 is 6.18 Å². The Morgan fingerprint density at radius 1 is 1.18 bits per heavy atom. The van der Waals surface area contributed by atoms with Gasteiger partial charge in [-0.25, -0.2) is 9.97 Å². The lowest BCUT2D eigenvalue weighted by atomic mass is 10.1. The van der Waals surface area contributed by atoms with E-state index in [1.54, 1.807) is 0 Å². The van der Waals surface area contributed by atoms with E-state index < -0.39 is 22.4 Å². The third kappa shape index (κ3) is 3.37. The molecule has 1 aromatic carbocycles. The molecule has 0 unspecified atom stereocenters. The van der Waals surface area contributed by atoms with E-state index in [0.717, 1.165) is 12.4 Å². The van der Waals surface area contributed by atoms with Crippen molar-refractivity contribution >= 4 is 40.3 Å². The third-order valence-electron chi connectivity index (χ3n) is 2.54. The van der Waals surface area contributed by atoms with E-state index in [9.17, 15) is 23.3 Å². The van der Waals surface area contributed by atoms with Gasteiger partial charge < -0.3 is 5.32 Å². The Hall–Kier alpha value is -2.13. The maximum atomic E-state index is 12.6. The van der Waals surface area contributed by atoms with E-state index in [1.165, 1.54) is 0 Å². The smallest absolute Gasteiger partial charge is 0.345 e. The summed E-state index contributed by atoms with van der Waals surface area (Å²) in [7, 11) is 0. The van der Waals surface area contributed by atoms with Crippen molar-refractivity contribution in [3.05, 3.63) is 50.5 Å². The summed E-state index contributed by atoms with van der Waals surface area (Å²) < 4.78 is 37.8. The van der Waals surface area contributed by atoms with Crippen molar-refractivity contribution in [3.8, 4) is 0 Å². The lowest BCUT2D eigenvalue weighted by molar-refractivity contribution is -0.384. The Morgan fingerprint density at radius 2 is 1.77 bits per heavy atom. The van der Waals surface area contributed by atoms with E-state index in [0.29, 0.717) is 12.1 Å². The molecule has 0 amide bonds. The fraction of sp³-hybridized carbons (Fsp3) is 0.0909. The average Bonchev–Trinajstić information content (AvgIpc) is 2.42. The summed E-state index contributed by atoms with van der Waals surface area (Å²) in [6.45, 7) is 0. The van der Waals surface area contributed by atoms with E-state index in [4.69, 9.17) is 23.2 Å². The minimum atomic E-state index is -4.70. The topological polar surface area (TPSA) is 81.0 Å². The van der Waals surface area contributed by atoms with Crippen LogP contribution in [-0.4, -0.2) is 14.9 Å². The lowest BCUT2D eigenvalue weighted by Crippen LogP contribution is -2.07. The van der Waals surface area contributed by atoms with Crippen LogP contribution >= 0.6 is 23.2 Å². The van der Waals surface area contributed by atoms with Crippen LogP contribution < -0.4 is 5.32 Å². The molecule has 0 aliphatic heterocycles. The molecule has 116 valence electrons. The van der Waals surface area contributed by atoms with Crippen molar-refractivity contribution in [2.45, 2.75) is 6.18 Å². The van der Waals surface area contributed by atoms with Crippen molar-refractivity contribution in [2.75, 3.05) is 5.32 Å². The number of aromatic nitrogens is 2. The normalized spacial score (nSPS) is 11.3. The molecule has 6 nitrogen and oxygen atoms in total. The number of halogens is 5. The van der Waals surface area contributed by atoms with Crippen molar-refractivity contribution in [3.63, 3.8) is 0 Å². The molecule has 0 radical (unpaired) electrons. The Labute approximate surface area is 131 Å². The van der Waals surface area contributed by atoms with Gasteiger partial charge in [0.2, 0.25) is 0 Å². The molecular formula is C11H5Cl2F3N4O2. The Bertz CT molecular complexity index is 720. The van der Waals surface area contributed by atoms with Crippen LogP contribution in [0.3, 0.4) is 0 Å². The van der Waals surface area contributed by atoms with Gasteiger partial charge in [-0.05, 0) is 12.1 Å². The standard InChI is InChI=1S/C11H5Cl2F3N4O2/c12-9-8(10(13)18-4-17-9)19-6-2-1-5(11(14,15)16)3-7(6)20(21)22/h1-4,19H. The second kappa shape index (κ2) is 5.93. The first-order valence-corrected chi connectivity index (χ1v) is 6.24. The summed E-state index contributed by atoms with van der Waals surface area (Å²) in [6, 6.07) is 2.01. The first-order valence-electron chi connectivity index (χ1n) is 5.49. The van der Waals surface area contributed by atoms with Gasteiger partial charge in [0.25, 0.3) is 5.69 Å². The van der Waals surface area contributed by atoms with Crippen molar-refractivity contribution in [1.29, 1.82) is 0 Å². The zero-order valence-electron chi connectivity index (χ0n) is 10.4. The number of nitro groups is 1. The minimum absolute atomic E-state index is 0.0475. The molecule has 0 aliphatic rings. The molecule has 0 saturated heterocycles. The number of rotatable bonds is 3. The van der Waals surface area contributed by atoms with Gasteiger partial charge in [0.1, 0.15) is 17.7 Å². The molecule has 0 saturated carbocycles. The van der Waals surface area contributed by atoms with Crippen LogP contribution in [0, 0.1) is 10.1 Å². The highest BCUT2D eigenvalue weighted by molar-refractivity contribution is 6.37. The van der Waals surface area contributed by atoms with Gasteiger partial charge in [-0.1, -0.05) is 23.2 Å². The molecule has 1 N–H and O–H groups in total. The Morgan fingerprint density at radius 3 is 2.27 bits per heavy atom.